The van der Waals surface area contributed by atoms with E-state index in [-0.39, 0.29) is 18.2 Å². The van der Waals surface area contributed by atoms with Crippen LogP contribution in [0.1, 0.15) is 11.1 Å². The number of Topliss-reactive ketones (excluding diaryl/α,β-unsaturated/α-hetero) is 1. The zero-order valence-corrected chi connectivity index (χ0v) is 9.04. The highest BCUT2D eigenvalue weighted by molar-refractivity contribution is 5.86. The summed E-state index contributed by atoms with van der Waals surface area (Å²) in [5.41, 5.74) is 7.78. The molecule has 82 valence electrons. The second kappa shape index (κ2) is 4.75. The summed E-state index contributed by atoms with van der Waals surface area (Å²) in [5.74, 6) is -0.178. The smallest absolute Gasteiger partial charge is 0.167 e. The molecule has 0 amide bonds. The average molecular weight is 228 g/mol. The molecule has 0 aromatic heterocycles. The highest BCUT2D eigenvalue weighted by Crippen LogP contribution is 2.18. The molecule has 0 unspecified atom stereocenters. The van der Waals surface area contributed by atoms with Crippen LogP contribution in [0.25, 0.3) is 0 Å². The molecule has 0 heterocycles. The van der Waals surface area contributed by atoms with Crippen LogP contribution in [0.3, 0.4) is 0 Å². The lowest BCUT2D eigenvalue weighted by Gasteiger charge is -2.13. The topological polar surface area (TPSA) is 63.3 Å². The SMILES string of the molecule is Cl.N[C@H]1Cc2ccccc2CC(=O)[C@H]1O. The average Bonchev–Trinajstić information content (AvgIpc) is 2.28. The molecule has 4 heteroatoms. The number of ketones is 1. The highest BCUT2D eigenvalue weighted by Gasteiger charge is 2.27. The first kappa shape index (κ1) is 12.2. The van der Waals surface area contributed by atoms with Crippen molar-refractivity contribution in [2.24, 2.45) is 5.73 Å². The number of hydrogen-bond acceptors (Lipinski definition) is 3. The van der Waals surface area contributed by atoms with E-state index in [1.54, 1.807) is 0 Å². The number of hydrogen-bond donors (Lipinski definition) is 2. The van der Waals surface area contributed by atoms with Gasteiger partial charge in [0.1, 0.15) is 6.10 Å². The van der Waals surface area contributed by atoms with Crippen molar-refractivity contribution in [3.63, 3.8) is 0 Å². The largest absolute Gasteiger partial charge is 0.384 e. The van der Waals surface area contributed by atoms with Gasteiger partial charge in [-0.15, -0.1) is 12.4 Å². The first-order valence-electron chi connectivity index (χ1n) is 4.71. The Morgan fingerprint density at radius 1 is 1.27 bits per heavy atom. The molecule has 15 heavy (non-hydrogen) atoms. The van der Waals surface area contributed by atoms with Gasteiger partial charge in [-0.1, -0.05) is 24.3 Å². The van der Waals surface area contributed by atoms with E-state index in [2.05, 4.69) is 0 Å². The van der Waals surface area contributed by atoms with Gasteiger partial charge in [-0.2, -0.15) is 0 Å². The third-order valence-corrected chi connectivity index (χ3v) is 2.67. The van der Waals surface area contributed by atoms with Crippen LogP contribution in [0, 0.1) is 0 Å². The van der Waals surface area contributed by atoms with Gasteiger partial charge in [-0.3, -0.25) is 4.79 Å². The molecular formula is C11H14ClNO2. The summed E-state index contributed by atoms with van der Waals surface area (Å²) in [6.07, 6.45) is -0.143. The molecule has 2 atom stereocenters. The van der Waals surface area contributed by atoms with E-state index in [9.17, 15) is 9.90 Å². The Balaban J connectivity index is 0.00000112. The lowest BCUT2D eigenvalue weighted by Crippen LogP contribution is -2.40. The molecule has 0 aliphatic heterocycles. The van der Waals surface area contributed by atoms with Crippen molar-refractivity contribution >= 4 is 18.2 Å². The molecule has 1 aliphatic carbocycles. The van der Waals surface area contributed by atoms with E-state index < -0.39 is 12.1 Å². The van der Waals surface area contributed by atoms with Crippen molar-refractivity contribution in [2.75, 3.05) is 0 Å². The van der Waals surface area contributed by atoms with Gasteiger partial charge in [0.25, 0.3) is 0 Å². The predicted octanol–water partition coefficient (Wildman–Crippen LogP) is 0.464. The number of fused-ring (bicyclic) bond motifs is 1. The number of nitrogens with two attached hydrogens (primary N) is 1. The quantitative estimate of drug-likeness (QED) is 0.634. The normalized spacial score (nSPS) is 25.1. The monoisotopic (exact) mass is 227 g/mol. The maximum absolute atomic E-state index is 11.5. The summed E-state index contributed by atoms with van der Waals surface area (Å²) in [6.45, 7) is 0. The van der Waals surface area contributed by atoms with Gasteiger partial charge in [-0.05, 0) is 17.5 Å². The molecule has 1 aromatic carbocycles. The summed E-state index contributed by atoms with van der Waals surface area (Å²) >= 11 is 0. The Hall–Kier alpha value is -0.900. The first-order valence-corrected chi connectivity index (χ1v) is 4.71. The minimum atomic E-state index is -1.01. The number of carbonyl (C=O) groups excluding carboxylic acids is 1. The molecule has 1 aromatic rings. The molecule has 0 saturated heterocycles. The predicted molar refractivity (Wildman–Crippen MR) is 60.1 cm³/mol. The van der Waals surface area contributed by atoms with Gasteiger partial charge in [-0.25, -0.2) is 0 Å². The molecule has 0 bridgehead atoms. The van der Waals surface area contributed by atoms with Crippen LogP contribution in [0.4, 0.5) is 0 Å². The molecular weight excluding hydrogens is 214 g/mol. The van der Waals surface area contributed by atoms with Gasteiger partial charge >= 0.3 is 0 Å². The maximum atomic E-state index is 11.5. The fraction of sp³-hybridized carbons (Fsp3) is 0.364. The highest BCUT2D eigenvalue weighted by atomic mass is 35.5. The summed E-state index contributed by atoms with van der Waals surface area (Å²) in [7, 11) is 0. The molecule has 2 rings (SSSR count). The number of halogens is 1. The van der Waals surface area contributed by atoms with Gasteiger partial charge in [0, 0.05) is 12.5 Å². The summed E-state index contributed by atoms with van der Waals surface area (Å²) in [6, 6.07) is 7.23. The summed E-state index contributed by atoms with van der Waals surface area (Å²) in [5, 5.41) is 9.52. The van der Waals surface area contributed by atoms with Crippen LogP contribution in [-0.4, -0.2) is 23.0 Å². The van der Waals surface area contributed by atoms with Crippen LogP contribution < -0.4 is 5.73 Å². The lowest BCUT2D eigenvalue weighted by atomic mass is 10.0. The Bertz CT molecular complexity index is 367. The van der Waals surface area contributed by atoms with E-state index in [0.717, 1.165) is 11.1 Å². The van der Waals surface area contributed by atoms with Crippen LogP contribution in [0.2, 0.25) is 0 Å². The second-order valence-corrected chi connectivity index (χ2v) is 3.72. The molecule has 0 radical (unpaired) electrons. The zero-order valence-electron chi connectivity index (χ0n) is 8.22. The minimum Gasteiger partial charge on any atom is -0.384 e. The summed E-state index contributed by atoms with van der Waals surface area (Å²) < 4.78 is 0. The molecule has 0 spiro atoms. The van der Waals surface area contributed by atoms with Gasteiger partial charge in [0.15, 0.2) is 5.78 Å². The fourth-order valence-corrected chi connectivity index (χ4v) is 1.83. The van der Waals surface area contributed by atoms with E-state index >= 15 is 0 Å². The van der Waals surface area contributed by atoms with E-state index in [4.69, 9.17) is 5.73 Å². The Kier molecular flexibility index (Phi) is 3.85. The molecule has 1 aliphatic rings. The zero-order chi connectivity index (χ0) is 10.1. The van der Waals surface area contributed by atoms with Crippen molar-refractivity contribution in [1.82, 2.24) is 0 Å². The Labute approximate surface area is 94.7 Å². The number of aliphatic hydroxyl groups is 1. The van der Waals surface area contributed by atoms with Crippen LogP contribution in [0.5, 0.6) is 0 Å². The number of rotatable bonds is 0. The van der Waals surface area contributed by atoms with Gasteiger partial charge in [0.2, 0.25) is 0 Å². The molecule has 3 nitrogen and oxygen atoms in total. The summed E-state index contributed by atoms with van der Waals surface area (Å²) in [4.78, 5) is 11.5. The third kappa shape index (κ3) is 2.37. The first-order chi connectivity index (χ1) is 6.68. The van der Waals surface area contributed by atoms with Crippen LogP contribution in [0.15, 0.2) is 24.3 Å². The van der Waals surface area contributed by atoms with Crippen molar-refractivity contribution in [1.29, 1.82) is 0 Å². The minimum absolute atomic E-state index is 0. The van der Waals surface area contributed by atoms with Gasteiger partial charge < -0.3 is 10.8 Å². The Morgan fingerprint density at radius 2 is 1.87 bits per heavy atom. The van der Waals surface area contributed by atoms with Crippen LogP contribution >= 0.6 is 12.4 Å². The van der Waals surface area contributed by atoms with Gasteiger partial charge in [0.05, 0.1) is 0 Å². The molecule has 0 saturated carbocycles. The number of benzene rings is 1. The number of aliphatic hydroxyl groups excluding tert-OH is 1. The third-order valence-electron chi connectivity index (χ3n) is 2.67. The Morgan fingerprint density at radius 3 is 2.53 bits per heavy atom. The van der Waals surface area contributed by atoms with E-state index in [0.29, 0.717) is 12.8 Å². The van der Waals surface area contributed by atoms with E-state index in [1.165, 1.54) is 0 Å². The van der Waals surface area contributed by atoms with Crippen molar-refractivity contribution in [2.45, 2.75) is 25.0 Å². The number of carbonyl (C=O) groups is 1. The molecule has 0 fully saturated rings. The molecule has 3 N–H and O–H groups in total. The second-order valence-electron chi connectivity index (χ2n) is 3.72. The fourth-order valence-electron chi connectivity index (χ4n) is 1.83. The lowest BCUT2D eigenvalue weighted by molar-refractivity contribution is -0.127. The van der Waals surface area contributed by atoms with Crippen molar-refractivity contribution in [3.05, 3.63) is 35.4 Å². The standard InChI is InChI=1S/C11H13NO2.ClH/c12-9-5-7-3-1-2-4-8(7)6-10(13)11(9)14;/h1-4,9,11,14H,5-6,12H2;1H/t9-,11-;/m0./s1. The maximum Gasteiger partial charge on any atom is 0.167 e. The van der Waals surface area contributed by atoms with E-state index in [1.807, 2.05) is 24.3 Å². The van der Waals surface area contributed by atoms with Crippen molar-refractivity contribution < 1.29 is 9.90 Å². The van der Waals surface area contributed by atoms with Crippen molar-refractivity contribution in [3.8, 4) is 0 Å². The van der Waals surface area contributed by atoms with Crippen LogP contribution in [-0.2, 0) is 17.6 Å².